The van der Waals surface area contributed by atoms with Gasteiger partial charge in [0.25, 0.3) is 0 Å². The molecular weight excluding hydrogens is 292 g/mol. The highest BCUT2D eigenvalue weighted by atomic mass is 15.4. The largest absolute Gasteiger partial charge is 0.357 e. The summed E-state index contributed by atoms with van der Waals surface area (Å²) in [6.07, 6.45) is 0. The number of rotatable bonds is 2. The zero-order valence-electron chi connectivity index (χ0n) is 14.4. The third-order valence-corrected chi connectivity index (χ3v) is 4.97. The minimum atomic E-state index is -0.318. The van der Waals surface area contributed by atoms with E-state index >= 15 is 0 Å². The molecule has 2 nitrogen and oxygen atoms in total. The van der Waals surface area contributed by atoms with Crippen molar-refractivity contribution in [2.24, 2.45) is 0 Å². The van der Waals surface area contributed by atoms with Crippen molar-refractivity contribution in [3.8, 4) is 0 Å². The van der Waals surface area contributed by atoms with Crippen LogP contribution in [0.25, 0.3) is 0 Å². The van der Waals surface area contributed by atoms with Crippen LogP contribution in [0.1, 0.15) is 23.6 Å². The molecule has 1 unspecified atom stereocenters. The molecule has 0 amide bonds. The summed E-state index contributed by atoms with van der Waals surface area (Å²) in [4.78, 5) is 2.45. The van der Waals surface area contributed by atoms with Crippen LogP contribution in [0.4, 0.5) is 17.1 Å². The number of nitrogens with one attached hydrogen (secondary N) is 1. The Morgan fingerprint density at radius 1 is 0.750 bits per heavy atom. The molecule has 1 N–H and O–H groups in total. The smallest absolute Gasteiger partial charge is 0.138 e. The van der Waals surface area contributed by atoms with E-state index in [2.05, 4.69) is 104 Å². The maximum atomic E-state index is 3.76. The number of aryl methyl sites for hydroxylation is 2. The second-order valence-corrected chi connectivity index (χ2v) is 6.66. The first-order chi connectivity index (χ1) is 11.6. The van der Waals surface area contributed by atoms with Crippen molar-refractivity contribution in [2.45, 2.75) is 26.4 Å². The number of para-hydroxylation sites is 3. The molecule has 24 heavy (non-hydrogen) atoms. The summed E-state index contributed by atoms with van der Waals surface area (Å²) in [5, 5.41) is 3.76. The van der Waals surface area contributed by atoms with Gasteiger partial charge in [0.2, 0.25) is 0 Å². The van der Waals surface area contributed by atoms with Crippen molar-refractivity contribution >= 4 is 17.1 Å². The number of anilines is 3. The summed E-state index contributed by atoms with van der Waals surface area (Å²) in [5.41, 5.74) is 7.19. The summed E-state index contributed by atoms with van der Waals surface area (Å²) in [7, 11) is 0. The standard InChI is InChI=1S/C22H22N2/c1-16-10-9-11-17(2)21(16)24-20-15-8-7-14-19(20)23-22(24,3)18-12-5-4-6-13-18/h4-15,23H,1-3H3. The normalized spacial score (nSPS) is 19.0. The Morgan fingerprint density at radius 2 is 1.38 bits per heavy atom. The first kappa shape index (κ1) is 14.8. The molecule has 2 heteroatoms. The fourth-order valence-corrected chi connectivity index (χ4v) is 3.80. The number of hydrogen-bond donors (Lipinski definition) is 1. The summed E-state index contributed by atoms with van der Waals surface area (Å²) < 4.78 is 0. The third-order valence-electron chi connectivity index (χ3n) is 4.97. The van der Waals surface area contributed by atoms with E-state index in [1.54, 1.807) is 0 Å². The van der Waals surface area contributed by atoms with Crippen LogP contribution in [0.15, 0.2) is 72.8 Å². The molecule has 0 saturated carbocycles. The summed E-state index contributed by atoms with van der Waals surface area (Å²) >= 11 is 0. The Balaban J connectivity index is 1.99. The zero-order chi connectivity index (χ0) is 16.7. The van der Waals surface area contributed by atoms with Crippen molar-refractivity contribution in [2.75, 3.05) is 10.2 Å². The molecule has 3 aromatic rings. The highest BCUT2D eigenvalue weighted by Crippen LogP contribution is 2.50. The fourth-order valence-electron chi connectivity index (χ4n) is 3.80. The number of fused-ring (bicyclic) bond motifs is 1. The van der Waals surface area contributed by atoms with Gasteiger partial charge >= 0.3 is 0 Å². The molecule has 1 heterocycles. The third kappa shape index (κ3) is 2.10. The van der Waals surface area contributed by atoms with E-state index in [-0.39, 0.29) is 5.66 Å². The Kier molecular flexibility index (Phi) is 3.34. The average Bonchev–Trinajstić information content (AvgIpc) is 2.89. The van der Waals surface area contributed by atoms with Gasteiger partial charge in [0.05, 0.1) is 11.4 Å². The van der Waals surface area contributed by atoms with Crippen LogP contribution in [0.5, 0.6) is 0 Å². The lowest BCUT2D eigenvalue weighted by atomic mass is 9.97. The van der Waals surface area contributed by atoms with Crippen molar-refractivity contribution in [1.82, 2.24) is 0 Å². The van der Waals surface area contributed by atoms with E-state index in [0.29, 0.717) is 0 Å². The molecule has 3 aromatic carbocycles. The van der Waals surface area contributed by atoms with Crippen LogP contribution in [0.2, 0.25) is 0 Å². The second-order valence-electron chi connectivity index (χ2n) is 6.66. The lowest BCUT2D eigenvalue weighted by Gasteiger charge is -2.39. The summed E-state index contributed by atoms with van der Waals surface area (Å²) in [6.45, 7) is 6.64. The monoisotopic (exact) mass is 314 g/mol. The van der Waals surface area contributed by atoms with Crippen LogP contribution in [-0.4, -0.2) is 0 Å². The number of hydrogen-bond acceptors (Lipinski definition) is 2. The van der Waals surface area contributed by atoms with E-state index in [0.717, 1.165) is 0 Å². The maximum absolute atomic E-state index is 3.76. The lowest BCUT2D eigenvalue weighted by Crippen LogP contribution is -2.43. The molecule has 0 aromatic heterocycles. The second kappa shape index (κ2) is 5.41. The molecular formula is C22H22N2. The van der Waals surface area contributed by atoms with Crippen molar-refractivity contribution in [3.05, 3.63) is 89.5 Å². The topological polar surface area (TPSA) is 15.3 Å². The minimum Gasteiger partial charge on any atom is -0.357 e. The molecule has 1 atom stereocenters. The predicted octanol–water partition coefficient (Wildman–Crippen LogP) is 5.74. The fraction of sp³-hybridized carbons (Fsp3) is 0.182. The van der Waals surface area contributed by atoms with E-state index in [4.69, 9.17) is 0 Å². The molecule has 0 fully saturated rings. The van der Waals surface area contributed by atoms with Crippen molar-refractivity contribution in [1.29, 1.82) is 0 Å². The molecule has 0 spiro atoms. The van der Waals surface area contributed by atoms with E-state index in [9.17, 15) is 0 Å². The van der Waals surface area contributed by atoms with Crippen LogP contribution >= 0.6 is 0 Å². The van der Waals surface area contributed by atoms with Gasteiger partial charge < -0.3 is 10.2 Å². The summed E-state index contributed by atoms with van der Waals surface area (Å²) in [6, 6.07) is 25.7. The molecule has 1 aliphatic heterocycles. The number of benzene rings is 3. The van der Waals surface area contributed by atoms with Gasteiger partial charge in [-0.3, -0.25) is 0 Å². The Morgan fingerprint density at radius 3 is 2.08 bits per heavy atom. The quantitative estimate of drug-likeness (QED) is 0.649. The van der Waals surface area contributed by atoms with Crippen LogP contribution in [0.3, 0.4) is 0 Å². The van der Waals surface area contributed by atoms with Gasteiger partial charge in [-0.1, -0.05) is 60.7 Å². The SMILES string of the molecule is Cc1cccc(C)c1N1c2ccccc2NC1(C)c1ccccc1. The van der Waals surface area contributed by atoms with Crippen LogP contribution < -0.4 is 10.2 Å². The van der Waals surface area contributed by atoms with Gasteiger partial charge in [-0.25, -0.2) is 0 Å². The molecule has 4 rings (SSSR count). The van der Waals surface area contributed by atoms with E-state index in [1.165, 1.54) is 33.8 Å². The maximum Gasteiger partial charge on any atom is 0.138 e. The average molecular weight is 314 g/mol. The van der Waals surface area contributed by atoms with E-state index in [1.807, 2.05) is 0 Å². The van der Waals surface area contributed by atoms with Gasteiger partial charge in [-0.05, 0) is 49.6 Å². The van der Waals surface area contributed by atoms with Gasteiger partial charge in [-0.2, -0.15) is 0 Å². The molecule has 0 saturated heterocycles. The molecule has 0 bridgehead atoms. The van der Waals surface area contributed by atoms with Crippen molar-refractivity contribution < 1.29 is 0 Å². The predicted molar refractivity (Wildman–Crippen MR) is 102 cm³/mol. The first-order valence-electron chi connectivity index (χ1n) is 8.40. The number of nitrogens with zero attached hydrogens (tertiary/aromatic N) is 1. The Bertz CT molecular complexity index is 865. The molecule has 120 valence electrons. The van der Waals surface area contributed by atoms with Crippen LogP contribution in [-0.2, 0) is 5.66 Å². The highest BCUT2D eigenvalue weighted by Gasteiger charge is 2.42. The lowest BCUT2D eigenvalue weighted by molar-refractivity contribution is 0.575. The Hall–Kier alpha value is -2.74. The van der Waals surface area contributed by atoms with Gasteiger partial charge in [-0.15, -0.1) is 0 Å². The molecule has 0 aliphatic carbocycles. The molecule has 0 radical (unpaired) electrons. The van der Waals surface area contributed by atoms with Crippen molar-refractivity contribution in [3.63, 3.8) is 0 Å². The minimum absolute atomic E-state index is 0.318. The first-order valence-corrected chi connectivity index (χ1v) is 8.40. The highest BCUT2D eigenvalue weighted by molar-refractivity contribution is 5.86. The summed E-state index contributed by atoms with van der Waals surface area (Å²) in [5.74, 6) is 0. The molecule has 1 aliphatic rings. The van der Waals surface area contributed by atoms with Gasteiger partial charge in [0.1, 0.15) is 5.66 Å². The van der Waals surface area contributed by atoms with Gasteiger partial charge in [0, 0.05) is 5.69 Å². The zero-order valence-corrected chi connectivity index (χ0v) is 14.4. The Labute approximate surface area is 143 Å². The van der Waals surface area contributed by atoms with Gasteiger partial charge in [0.15, 0.2) is 0 Å². The van der Waals surface area contributed by atoms with E-state index < -0.39 is 0 Å². The van der Waals surface area contributed by atoms with Crippen LogP contribution in [0, 0.1) is 13.8 Å².